The van der Waals surface area contributed by atoms with E-state index in [1.165, 1.54) is 11.8 Å². The second-order valence-corrected chi connectivity index (χ2v) is 5.78. The highest BCUT2D eigenvalue weighted by Crippen LogP contribution is 2.16. The molecule has 0 spiro atoms. The van der Waals surface area contributed by atoms with Gasteiger partial charge in [-0.3, -0.25) is 4.68 Å². The number of nitrogens with zero attached hydrogens (tertiary/aromatic N) is 2. The second-order valence-electron chi connectivity index (χ2n) is 4.93. The molecule has 0 aliphatic rings. The van der Waals surface area contributed by atoms with Gasteiger partial charge in [0.05, 0.1) is 10.2 Å². The van der Waals surface area contributed by atoms with Gasteiger partial charge in [-0.25, -0.2) is 4.39 Å². The number of halogens is 2. The monoisotopic (exact) mass is 339 g/mol. The molecule has 0 atom stereocenters. The lowest BCUT2D eigenvalue weighted by Gasteiger charge is -2.07. The number of rotatable bonds is 6. The van der Waals surface area contributed by atoms with E-state index in [-0.39, 0.29) is 5.82 Å². The van der Waals surface area contributed by atoms with Crippen molar-refractivity contribution in [3.63, 3.8) is 0 Å². The summed E-state index contributed by atoms with van der Waals surface area (Å²) in [6, 6.07) is 7.18. The van der Waals surface area contributed by atoms with Crippen LogP contribution in [0.1, 0.15) is 23.4 Å². The van der Waals surface area contributed by atoms with Gasteiger partial charge in [-0.15, -0.1) is 0 Å². The molecule has 0 saturated heterocycles. The van der Waals surface area contributed by atoms with Crippen molar-refractivity contribution in [3.8, 4) is 0 Å². The van der Waals surface area contributed by atoms with E-state index in [1.54, 1.807) is 6.07 Å². The molecule has 0 radical (unpaired) electrons. The Morgan fingerprint density at radius 2 is 2.10 bits per heavy atom. The van der Waals surface area contributed by atoms with Crippen molar-refractivity contribution in [2.45, 2.75) is 33.4 Å². The van der Waals surface area contributed by atoms with E-state index < -0.39 is 0 Å². The molecule has 0 aliphatic heterocycles. The molecule has 0 fully saturated rings. The van der Waals surface area contributed by atoms with Gasteiger partial charge in [0.15, 0.2) is 0 Å². The maximum atomic E-state index is 13.1. The standard InChI is InChI=1S/C15H19BrFN3/c1-11-8-12(2)20(19-11)7-3-6-18-10-13-4-5-15(17)14(16)9-13/h4-5,8-9,18H,3,6-7,10H2,1-2H3. The fourth-order valence-electron chi connectivity index (χ4n) is 2.14. The molecule has 0 unspecified atom stereocenters. The summed E-state index contributed by atoms with van der Waals surface area (Å²) in [6.07, 6.45) is 1.02. The summed E-state index contributed by atoms with van der Waals surface area (Å²) in [6.45, 7) is 6.65. The van der Waals surface area contributed by atoms with Gasteiger partial charge >= 0.3 is 0 Å². The zero-order valence-electron chi connectivity index (χ0n) is 11.8. The van der Waals surface area contributed by atoms with Crippen LogP contribution in [0.15, 0.2) is 28.7 Å². The normalized spacial score (nSPS) is 11.0. The molecule has 1 aromatic heterocycles. The van der Waals surface area contributed by atoms with Gasteiger partial charge in [0.1, 0.15) is 5.82 Å². The van der Waals surface area contributed by atoms with Crippen molar-refractivity contribution >= 4 is 15.9 Å². The lowest BCUT2D eigenvalue weighted by Crippen LogP contribution is -2.17. The summed E-state index contributed by atoms with van der Waals surface area (Å²) < 4.78 is 15.6. The number of hydrogen-bond acceptors (Lipinski definition) is 2. The second kappa shape index (κ2) is 6.99. The maximum Gasteiger partial charge on any atom is 0.137 e. The van der Waals surface area contributed by atoms with Crippen LogP contribution in [0.25, 0.3) is 0 Å². The van der Waals surface area contributed by atoms with Gasteiger partial charge in [-0.05, 0) is 66.5 Å². The Balaban J connectivity index is 1.71. The predicted molar refractivity (Wildman–Crippen MR) is 82.1 cm³/mol. The van der Waals surface area contributed by atoms with E-state index in [1.807, 2.05) is 17.7 Å². The summed E-state index contributed by atoms with van der Waals surface area (Å²) in [7, 11) is 0. The molecule has 0 bridgehead atoms. The molecule has 0 aliphatic carbocycles. The Morgan fingerprint density at radius 1 is 1.30 bits per heavy atom. The molecular formula is C15H19BrFN3. The topological polar surface area (TPSA) is 29.9 Å². The first-order valence-corrected chi connectivity index (χ1v) is 7.51. The molecular weight excluding hydrogens is 321 g/mol. The summed E-state index contributed by atoms with van der Waals surface area (Å²) in [5, 5.41) is 7.79. The lowest BCUT2D eigenvalue weighted by atomic mass is 10.2. The molecule has 0 saturated carbocycles. The fourth-order valence-corrected chi connectivity index (χ4v) is 2.56. The average Bonchev–Trinajstić information content (AvgIpc) is 2.72. The summed E-state index contributed by atoms with van der Waals surface area (Å²) in [4.78, 5) is 0. The van der Waals surface area contributed by atoms with Crippen LogP contribution in [0, 0.1) is 19.7 Å². The third-order valence-corrected chi connectivity index (χ3v) is 3.75. The van der Waals surface area contributed by atoms with Gasteiger partial charge < -0.3 is 5.32 Å². The van der Waals surface area contributed by atoms with Crippen LogP contribution >= 0.6 is 15.9 Å². The number of hydrogen-bond donors (Lipinski definition) is 1. The largest absolute Gasteiger partial charge is 0.313 e. The van der Waals surface area contributed by atoms with E-state index >= 15 is 0 Å². The Labute approximate surface area is 127 Å². The minimum Gasteiger partial charge on any atom is -0.313 e. The van der Waals surface area contributed by atoms with Crippen molar-refractivity contribution in [1.82, 2.24) is 15.1 Å². The molecule has 108 valence electrons. The van der Waals surface area contributed by atoms with Crippen molar-refractivity contribution in [2.75, 3.05) is 6.54 Å². The third kappa shape index (κ3) is 4.15. The van der Waals surface area contributed by atoms with Gasteiger partial charge in [-0.2, -0.15) is 5.10 Å². The highest BCUT2D eigenvalue weighted by atomic mass is 79.9. The predicted octanol–water partition coefficient (Wildman–Crippen LogP) is 3.58. The minimum atomic E-state index is -0.224. The van der Waals surface area contributed by atoms with Gasteiger partial charge in [0.25, 0.3) is 0 Å². The first-order valence-electron chi connectivity index (χ1n) is 6.72. The van der Waals surface area contributed by atoms with Crippen LogP contribution in [0.3, 0.4) is 0 Å². The Bertz CT molecular complexity index is 580. The first-order chi connectivity index (χ1) is 9.56. The zero-order chi connectivity index (χ0) is 14.5. The summed E-state index contributed by atoms with van der Waals surface area (Å²) >= 11 is 3.20. The van der Waals surface area contributed by atoms with E-state index in [0.717, 1.165) is 37.3 Å². The maximum absolute atomic E-state index is 13.1. The van der Waals surface area contributed by atoms with Crippen molar-refractivity contribution in [3.05, 3.63) is 51.5 Å². The van der Waals surface area contributed by atoms with Gasteiger partial charge in [0, 0.05) is 18.8 Å². The molecule has 20 heavy (non-hydrogen) atoms. The molecule has 5 heteroatoms. The minimum absolute atomic E-state index is 0.224. The molecule has 1 heterocycles. The van der Waals surface area contributed by atoms with E-state index in [0.29, 0.717) is 4.47 Å². The number of nitrogens with one attached hydrogen (secondary N) is 1. The number of aryl methyl sites for hydroxylation is 3. The van der Waals surface area contributed by atoms with Gasteiger partial charge in [0.2, 0.25) is 0 Å². The summed E-state index contributed by atoms with van der Waals surface area (Å²) in [5.41, 5.74) is 3.33. The SMILES string of the molecule is Cc1cc(C)n(CCCNCc2ccc(F)c(Br)c2)n1. The van der Waals surface area contributed by atoms with E-state index in [9.17, 15) is 4.39 Å². The van der Waals surface area contributed by atoms with Crippen LogP contribution in [-0.4, -0.2) is 16.3 Å². The number of benzene rings is 1. The third-order valence-electron chi connectivity index (χ3n) is 3.14. The van der Waals surface area contributed by atoms with Gasteiger partial charge in [-0.1, -0.05) is 6.07 Å². The fraction of sp³-hybridized carbons (Fsp3) is 0.400. The lowest BCUT2D eigenvalue weighted by molar-refractivity contribution is 0.531. The van der Waals surface area contributed by atoms with E-state index in [4.69, 9.17) is 0 Å². The van der Waals surface area contributed by atoms with Crippen molar-refractivity contribution in [1.29, 1.82) is 0 Å². The Hall–Kier alpha value is -1.20. The smallest absolute Gasteiger partial charge is 0.137 e. The average molecular weight is 340 g/mol. The summed E-state index contributed by atoms with van der Waals surface area (Å²) in [5.74, 6) is -0.224. The van der Waals surface area contributed by atoms with Crippen molar-refractivity contribution < 1.29 is 4.39 Å². The van der Waals surface area contributed by atoms with Crippen LogP contribution < -0.4 is 5.32 Å². The Kier molecular flexibility index (Phi) is 5.31. The quantitative estimate of drug-likeness (QED) is 0.815. The first kappa shape index (κ1) is 15.2. The molecule has 1 N–H and O–H groups in total. The zero-order valence-corrected chi connectivity index (χ0v) is 13.4. The van der Waals surface area contributed by atoms with E-state index in [2.05, 4.69) is 39.3 Å². The molecule has 2 aromatic rings. The highest BCUT2D eigenvalue weighted by Gasteiger charge is 2.01. The molecule has 2 rings (SSSR count). The molecule has 3 nitrogen and oxygen atoms in total. The van der Waals surface area contributed by atoms with Crippen LogP contribution in [0.4, 0.5) is 4.39 Å². The Morgan fingerprint density at radius 3 is 2.75 bits per heavy atom. The van der Waals surface area contributed by atoms with Crippen LogP contribution in [0.5, 0.6) is 0 Å². The van der Waals surface area contributed by atoms with Crippen LogP contribution in [0.2, 0.25) is 0 Å². The van der Waals surface area contributed by atoms with Crippen molar-refractivity contribution in [2.24, 2.45) is 0 Å². The molecule has 0 amide bonds. The molecule has 1 aromatic carbocycles. The number of aromatic nitrogens is 2. The van der Waals surface area contributed by atoms with Crippen LogP contribution in [-0.2, 0) is 13.1 Å². The highest BCUT2D eigenvalue weighted by molar-refractivity contribution is 9.10.